The first-order valence-corrected chi connectivity index (χ1v) is 11.7. The molecule has 1 fully saturated rings. The molecule has 10 heteroatoms. The molecule has 1 aliphatic heterocycles. The van der Waals surface area contributed by atoms with E-state index in [1.807, 2.05) is 6.92 Å². The third-order valence-corrected chi connectivity index (χ3v) is 7.14. The first kappa shape index (κ1) is 24.2. The number of alkyl halides is 2. The molecule has 0 radical (unpaired) electrons. The molecule has 3 unspecified atom stereocenters. The van der Waals surface area contributed by atoms with Crippen LogP contribution in [0.3, 0.4) is 0 Å². The maximum absolute atomic E-state index is 13.5. The van der Waals surface area contributed by atoms with Crippen molar-refractivity contribution in [3.63, 3.8) is 0 Å². The zero-order valence-electron chi connectivity index (χ0n) is 17.6. The monoisotopic (exact) mass is 470 g/mol. The van der Waals surface area contributed by atoms with Gasteiger partial charge in [-0.2, -0.15) is 0 Å². The lowest BCUT2D eigenvalue weighted by atomic mass is 9.85. The number of halogens is 3. The van der Waals surface area contributed by atoms with Gasteiger partial charge in [-0.15, -0.1) is 0 Å². The van der Waals surface area contributed by atoms with Crippen LogP contribution in [0.4, 0.5) is 18.9 Å². The van der Waals surface area contributed by atoms with Gasteiger partial charge in [-0.3, -0.25) is 4.79 Å². The van der Waals surface area contributed by atoms with E-state index < -0.39 is 33.7 Å². The fraction of sp³-hybridized carbons (Fsp3) is 0.409. The second kappa shape index (κ2) is 10.0. The number of carbonyl (C=O) groups excluding carboxylic acids is 1. The van der Waals surface area contributed by atoms with Gasteiger partial charge in [0.2, 0.25) is 10.0 Å². The van der Waals surface area contributed by atoms with Crippen molar-refractivity contribution in [2.24, 2.45) is 11.8 Å². The quantitative estimate of drug-likeness (QED) is 0.630. The molecule has 32 heavy (non-hydrogen) atoms. The number of nitrogens with one attached hydrogen (secondary N) is 2. The van der Waals surface area contributed by atoms with Crippen molar-refractivity contribution in [1.82, 2.24) is 4.72 Å². The number of anilines is 1. The van der Waals surface area contributed by atoms with Crippen LogP contribution in [-0.4, -0.2) is 33.6 Å². The molecule has 0 aliphatic carbocycles. The molecule has 174 valence electrons. The number of amides is 1. The van der Waals surface area contributed by atoms with E-state index >= 15 is 0 Å². The summed E-state index contributed by atoms with van der Waals surface area (Å²) in [4.78, 5) is 12.5. The summed E-state index contributed by atoms with van der Waals surface area (Å²) < 4.78 is 73.1. The molecule has 0 saturated carbocycles. The van der Waals surface area contributed by atoms with E-state index in [2.05, 4.69) is 10.0 Å². The van der Waals surface area contributed by atoms with Gasteiger partial charge < -0.3 is 10.1 Å². The number of sulfonamides is 1. The number of benzene rings is 2. The Balaban J connectivity index is 1.75. The van der Waals surface area contributed by atoms with Gasteiger partial charge in [-0.1, -0.05) is 13.0 Å². The van der Waals surface area contributed by atoms with Crippen LogP contribution >= 0.6 is 0 Å². The maximum atomic E-state index is 13.5. The van der Waals surface area contributed by atoms with Gasteiger partial charge >= 0.3 is 0 Å². The van der Waals surface area contributed by atoms with Crippen LogP contribution in [-0.2, 0) is 14.8 Å². The molecule has 1 amide bonds. The Hall–Kier alpha value is -2.43. The molecule has 0 spiro atoms. The first-order valence-electron chi connectivity index (χ1n) is 10.2. The highest BCUT2D eigenvalue weighted by atomic mass is 32.2. The van der Waals surface area contributed by atoms with Gasteiger partial charge in [0, 0.05) is 30.5 Å². The largest absolute Gasteiger partial charge is 0.381 e. The Kier molecular flexibility index (Phi) is 7.58. The lowest BCUT2D eigenvalue weighted by Gasteiger charge is -2.33. The van der Waals surface area contributed by atoms with Gasteiger partial charge in [-0.25, -0.2) is 26.3 Å². The lowest BCUT2D eigenvalue weighted by Crippen LogP contribution is -2.43. The molecule has 0 bridgehead atoms. The van der Waals surface area contributed by atoms with Gasteiger partial charge in [0.1, 0.15) is 5.82 Å². The summed E-state index contributed by atoms with van der Waals surface area (Å²) in [7, 11) is -3.90. The van der Waals surface area contributed by atoms with Crippen molar-refractivity contribution < 1.29 is 31.1 Å². The Bertz CT molecular complexity index is 1080. The highest BCUT2D eigenvalue weighted by Gasteiger charge is 2.30. The van der Waals surface area contributed by atoms with E-state index in [1.54, 1.807) is 6.92 Å². The zero-order chi connectivity index (χ0) is 23.5. The molecule has 6 nitrogen and oxygen atoms in total. The Morgan fingerprint density at radius 3 is 2.62 bits per heavy atom. The van der Waals surface area contributed by atoms with Crippen LogP contribution < -0.4 is 10.0 Å². The fourth-order valence-electron chi connectivity index (χ4n) is 3.84. The van der Waals surface area contributed by atoms with Gasteiger partial charge in [-0.05, 0) is 61.6 Å². The van der Waals surface area contributed by atoms with Gasteiger partial charge in [0.25, 0.3) is 12.3 Å². The third-order valence-electron chi connectivity index (χ3n) is 5.59. The highest BCUT2D eigenvalue weighted by molar-refractivity contribution is 7.89. The average Bonchev–Trinajstić information content (AvgIpc) is 2.75. The molecule has 3 rings (SSSR count). The highest BCUT2D eigenvalue weighted by Crippen LogP contribution is 2.27. The minimum Gasteiger partial charge on any atom is -0.381 e. The normalized spacial score (nSPS) is 20.2. The van der Waals surface area contributed by atoms with Crippen molar-refractivity contribution in [2.75, 3.05) is 18.5 Å². The minimum atomic E-state index is -3.90. The number of hydrogen-bond donors (Lipinski definition) is 2. The van der Waals surface area contributed by atoms with E-state index in [-0.39, 0.29) is 34.0 Å². The summed E-state index contributed by atoms with van der Waals surface area (Å²) in [6.07, 6.45) is -2.29. The van der Waals surface area contributed by atoms with E-state index in [1.165, 1.54) is 24.3 Å². The van der Waals surface area contributed by atoms with Crippen molar-refractivity contribution in [3.05, 3.63) is 59.4 Å². The molecule has 1 saturated heterocycles. The Morgan fingerprint density at radius 2 is 1.94 bits per heavy atom. The lowest BCUT2D eigenvalue weighted by molar-refractivity contribution is 0.0158. The van der Waals surface area contributed by atoms with E-state index in [9.17, 15) is 26.4 Å². The van der Waals surface area contributed by atoms with Crippen molar-refractivity contribution in [1.29, 1.82) is 0 Å². The molecule has 2 aromatic carbocycles. The van der Waals surface area contributed by atoms with Crippen LogP contribution in [0.1, 0.15) is 42.6 Å². The summed E-state index contributed by atoms with van der Waals surface area (Å²) in [6, 6.07) is 7.89. The number of carbonyl (C=O) groups is 1. The fourth-order valence-corrected chi connectivity index (χ4v) is 5.18. The predicted octanol–water partition coefficient (Wildman–Crippen LogP) is 4.36. The SMILES string of the molecule is CC1COCCC1C(C)NS(=O)(=O)c1cccc(C(=O)Nc2ccc(F)c(C(F)F)c2)c1. The topological polar surface area (TPSA) is 84.5 Å². The molecular formula is C22H25F3N2O4S. The van der Waals surface area contributed by atoms with Crippen molar-refractivity contribution in [2.45, 2.75) is 37.6 Å². The Morgan fingerprint density at radius 1 is 1.19 bits per heavy atom. The maximum Gasteiger partial charge on any atom is 0.266 e. The summed E-state index contributed by atoms with van der Waals surface area (Å²) >= 11 is 0. The minimum absolute atomic E-state index is 0.0166. The predicted molar refractivity (Wildman–Crippen MR) is 114 cm³/mol. The van der Waals surface area contributed by atoms with Crippen LogP contribution in [0.15, 0.2) is 47.4 Å². The number of ether oxygens (including phenoxy) is 1. The summed E-state index contributed by atoms with van der Waals surface area (Å²) in [5, 5.41) is 2.39. The van der Waals surface area contributed by atoms with E-state index in [0.29, 0.717) is 13.2 Å². The van der Waals surface area contributed by atoms with Gasteiger partial charge in [0.05, 0.1) is 10.5 Å². The molecule has 1 heterocycles. The molecule has 1 aliphatic rings. The molecule has 2 aromatic rings. The molecular weight excluding hydrogens is 445 g/mol. The van der Waals surface area contributed by atoms with Crippen LogP contribution in [0.5, 0.6) is 0 Å². The second-order valence-electron chi connectivity index (χ2n) is 7.93. The second-order valence-corrected chi connectivity index (χ2v) is 9.65. The first-order chi connectivity index (χ1) is 15.1. The van der Waals surface area contributed by atoms with Crippen molar-refractivity contribution in [3.8, 4) is 0 Å². The third kappa shape index (κ3) is 5.67. The average molecular weight is 471 g/mol. The van der Waals surface area contributed by atoms with Crippen molar-refractivity contribution >= 4 is 21.6 Å². The van der Waals surface area contributed by atoms with E-state index in [0.717, 1.165) is 24.6 Å². The number of rotatable bonds is 7. The van der Waals surface area contributed by atoms with Crippen LogP contribution in [0, 0.1) is 17.7 Å². The smallest absolute Gasteiger partial charge is 0.266 e. The summed E-state index contributed by atoms with van der Waals surface area (Å²) in [6.45, 7) is 4.96. The van der Waals surface area contributed by atoms with E-state index in [4.69, 9.17) is 4.74 Å². The summed E-state index contributed by atoms with van der Waals surface area (Å²) in [5.74, 6) is -1.47. The zero-order valence-corrected chi connectivity index (χ0v) is 18.5. The van der Waals surface area contributed by atoms with Crippen LogP contribution in [0.25, 0.3) is 0 Å². The van der Waals surface area contributed by atoms with Crippen LogP contribution in [0.2, 0.25) is 0 Å². The van der Waals surface area contributed by atoms with Gasteiger partial charge in [0.15, 0.2) is 0 Å². The standard InChI is InChI=1S/C22H25F3N2O4S/c1-13-12-31-9-8-18(13)14(2)27-32(29,30)17-5-3-4-15(10-17)22(28)26-16-6-7-20(23)19(11-16)21(24)25/h3-7,10-11,13-14,18,21,27H,8-9,12H2,1-2H3,(H,26,28). The Labute approximate surface area is 185 Å². The molecule has 0 aromatic heterocycles. The molecule has 3 atom stereocenters. The molecule has 2 N–H and O–H groups in total. The number of hydrogen-bond acceptors (Lipinski definition) is 4. The summed E-state index contributed by atoms with van der Waals surface area (Å²) in [5.41, 5.74) is -0.845.